The monoisotopic (exact) mass is 313 g/mol. The minimum absolute atomic E-state index is 0.00569. The summed E-state index contributed by atoms with van der Waals surface area (Å²) in [6.45, 7) is 0. The molecule has 0 aliphatic carbocycles. The molecule has 4 heteroatoms. The molecule has 90 valence electrons. The summed E-state index contributed by atoms with van der Waals surface area (Å²) in [5, 5.41) is 5.21. The Hall–Kier alpha value is -0.710. The van der Waals surface area contributed by atoms with E-state index in [1.165, 1.54) is 10.9 Å². The Morgan fingerprint density at radius 3 is 2.88 bits per heavy atom. The van der Waals surface area contributed by atoms with Gasteiger partial charge in [-0.3, -0.25) is 0 Å². The quantitative estimate of drug-likeness (QED) is 0.894. The number of halogens is 2. The van der Waals surface area contributed by atoms with Gasteiger partial charge < -0.3 is 5.32 Å². The number of likely N-dealkylation sites (N-methyl/N-ethyl adjacent to an activating group) is 1. The van der Waals surface area contributed by atoms with Gasteiger partial charge >= 0.3 is 0 Å². The molecule has 1 atom stereocenters. The lowest BCUT2D eigenvalue weighted by molar-refractivity contribution is 0.536. The van der Waals surface area contributed by atoms with Crippen molar-refractivity contribution in [3.63, 3.8) is 0 Å². The first-order valence-corrected chi connectivity index (χ1v) is 7.02. The molecule has 17 heavy (non-hydrogen) atoms. The van der Waals surface area contributed by atoms with Crippen LogP contribution in [0.3, 0.4) is 0 Å². The molecule has 0 radical (unpaired) electrons. The van der Waals surface area contributed by atoms with E-state index in [-0.39, 0.29) is 11.9 Å². The van der Waals surface area contributed by atoms with Crippen molar-refractivity contribution in [3.8, 4) is 0 Å². The zero-order chi connectivity index (χ0) is 12.3. The Balaban J connectivity index is 2.25. The number of hydrogen-bond donors (Lipinski definition) is 1. The second kappa shape index (κ2) is 5.76. The maximum Gasteiger partial charge on any atom is 0.128 e. The smallest absolute Gasteiger partial charge is 0.128 e. The summed E-state index contributed by atoms with van der Waals surface area (Å²) in [7, 11) is 1.86. The number of rotatable bonds is 4. The van der Waals surface area contributed by atoms with E-state index < -0.39 is 0 Å². The van der Waals surface area contributed by atoms with Gasteiger partial charge in [0, 0.05) is 27.4 Å². The van der Waals surface area contributed by atoms with Crippen LogP contribution in [0.15, 0.2) is 40.2 Å². The SMILES string of the molecule is CNC(Cc1cccs1)c1cc(Br)ccc1F. The lowest BCUT2D eigenvalue weighted by Crippen LogP contribution is -2.19. The van der Waals surface area contributed by atoms with E-state index in [2.05, 4.69) is 27.3 Å². The van der Waals surface area contributed by atoms with Crippen LogP contribution in [0.5, 0.6) is 0 Å². The fourth-order valence-corrected chi connectivity index (χ4v) is 2.91. The Labute approximate surface area is 113 Å². The average Bonchev–Trinajstić information content (AvgIpc) is 2.82. The van der Waals surface area contributed by atoms with Crippen molar-refractivity contribution >= 4 is 27.3 Å². The van der Waals surface area contributed by atoms with Crippen molar-refractivity contribution in [2.75, 3.05) is 7.05 Å². The molecular formula is C13H13BrFNS. The van der Waals surface area contributed by atoms with Crippen LogP contribution in [-0.4, -0.2) is 7.05 Å². The van der Waals surface area contributed by atoms with Crippen LogP contribution in [-0.2, 0) is 6.42 Å². The Bertz CT molecular complexity index is 484. The predicted molar refractivity (Wildman–Crippen MR) is 73.9 cm³/mol. The van der Waals surface area contributed by atoms with Crippen LogP contribution in [0.25, 0.3) is 0 Å². The van der Waals surface area contributed by atoms with Crippen molar-refractivity contribution in [3.05, 3.63) is 56.4 Å². The van der Waals surface area contributed by atoms with Crippen LogP contribution in [0.2, 0.25) is 0 Å². The molecule has 0 saturated heterocycles. The first-order valence-electron chi connectivity index (χ1n) is 5.35. The Morgan fingerprint density at radius 1 is 1.41 bits per heavy atom. The highest BCUT2D eigenvalue weighted by atomic mass is 79.9. The highest BCUT2D eigenvalue weighted by Gasteiger charge is 2.15. The highest BCUT2D eigenvalue weighted by Crippen LogP contribution is 2.25. The minimum Gasteiger partial charge on any atom is -0.313 e. The van der Waals surface area contributed by atoms with Crippen LogP contribution in [0.4, 0.5) is 4.39 Å². The molecule has 2 rings (SSSR count). The summed E-state index contributed by atoms with van der Waals surface area (Å²) in [6, 6.07) is 9.15. The fourth-order valence-electron chi connectivity index (χ4n) is 1.78. The van der Waals surface area contributed by atoms with E-state index in [0.717, 1.165) is 10.9 Å². The van der Waals surface area contributed by atoms with Crippen LogP contribution in [0, 0.1) is 5.82 Å². The third kappa shape index (κ3) is 3.15. The van der Waals surface area contributed by atoms with Crippen molar-refractivity contribution in [1.82, 2.24) is 5.32 Å². The first-order chi connectivity index (χ1) is 8.20. The van der Waals surface area contributed by atoms with Crippen molar-refractivity contribution in [2.24, 2.45) is 0 Å². The van der Waals surface area contributed by atoms with Gasteiger partial charge in [0.1, 0.15) is 5.82 Å². The first kappa shape index (κ1) is 12.7. The molecule has 0 fully saturated rings. The molecule has 0 amide bonds. The van der Waals surface area contributed by atoms with E-state index in [4.69, 9.17) is 0 Å². The molecule has 1 nitrogen and oxygen atoms in total. The van der Waals surface area contributed by atoms with Gasteiger partial charge in [-0.2, -0.15) is 0 Å². The van der Waals surface area contributed by atoms with Gasteiger partial charge in [0.2, 0.25) is 0 Å². The van der Waals surface area contributed by atoms with Gasteiger partial charge in [0.25, 0.3) is 0 Å². The summed E-state index contributed by atoms with van der Waals surface area (Å²) in [5.41, 5.74) is 0.704. The van der Waals surface area contributed by atoms with Gasteiger partial charge in [0.15, 0.2) is 0 Å². The van der Waals surface area contributed by atoms with Gasteiger partial charge in [-0.15, -0.1) is 11.3 Å². The lowest BCUT2D eigenvalue weighted by Gasteiger charge is -2.17. The van der Waals surface area contributed by atoms with Crippen molar-refractivity contribution in [1.29, 1.82) is 0 Å². The lowest BCUT2D eigenvalue weighted by atomic mass is 10.0. The Kier molecular flexibility index (Phi) is 4.31. The molecule has 1 aromatic heterocycles. The summed E-state index contributed by atoms with van der Waals surface area (Å²) < 4.78 is 14.7. The van der Waals surface area contributed by atoms with Crippen LogP contribution >= 0.6 is 27.3 Å². The highest BCUT2D eigenvalue weighted by molar-refractivity contribution is 9.10. The molecule has 2 aromatic rings. The van der Waals surface area contributed by atoms with Gasteiger partial charge in [-0.1, -0.05) is 22.0 Å². The third-order valence-corrected chi connectivity index (χ3v) is 4.06. The summed E-state index contributed by atoms with van der Waals surface area (Å²) >= 11 is 5.08. The second-order valence-electron chi connectivity index (χ2n) is 3.79. The molecule has 1 unspecified atom stereocenters. The van der Waals surface area contributed by atoms with Gasteiger partial charge in [-0.05, 0) is 36.7 Å². The van der Waals surface area contributed by atoms with E-state index in [1.807, 2.05) is 24.6 Å². The molecular weight excluding hydrogens is 301 g/mol. The maximum atomic E-state index is 13.8. The summed E-state index contributed by atoms with van der Waals surface area (Å²) in [5.74, 6) is -0.163. The fraction of sp³-hybridized carbons (Fsp3) is 0.231. The Morgan fingerprint density at radius 2 is 2.24 bits per heavy atom. The number of thiophene rings is 1. The van der Waals surface area contributed by atoms with E-state index in [0.29, 0.717) is 5.56 Å². The number of benzene rings is 1. The minimum atomic E-state index is -0.163. The molecule has 1 aromatic carbocycles. The normalized spacial score (nSPS) is 12.6. The van der Waals surface area contributed by atoms with E-state index >= 15 is 0 Å². The number of hydrogen-bond acceptors (Lipinski definition) is 2. The van der Waals surface area contributed by atoms with Gasteiger partial charge in [-0.25, -0.2) is 4.39 Å². The summed E-state index contributed by atoms with van der Waals surface area (Å²) in [4.78, 5) is 1.25. The van der Waals surface area contributed by atoms with E-state index in [1.54, 1.807) is 17.4 Å². The molecule has 0 spiro atoms. The molecule has 0 aliphatic heterocycles. The summed E-state index contributed by atoms with van der Waals surface area (Å²) in [6.07, 6.45) is 0.807. The predicted octanol–water partition coefficient (Wildman–Crippen LogP) is 4.15. The number of nitrogens with one attached hydrogen (secondary N) is 1. The van der Waals surface area contributed by atoms with Crippen molar-refractivity contribution < 1.29 is 4.39 Å². The van der Waals surface area contributed by atoms with Gasteiger partial charge in [0.05, 0.1) is 0 Å². The molecule has 1 N–H and O–H groups in total. The largest absolute Gasteiger partial charge is 0.313 e. The molecule has 0 saturated carbocycles. The second-order valence-corrected chi connectivity index (χ2v) is 5.74. The van der Waals surface area contributed by atoms with Crippen LogP contribution in [0.1, 0.15) is 16.5 Å². The van der Waals surface area contributed by atoms with Crippen molar-refractivity contribution in [2.45, 2.75) is 12.5 Å². The molecule has 0 bridgehead atoms. The third-order valence-electron chi connectivity index (χ3n) is 2.67. The van der Waals surface area contributed by atoms with E-state index in [9.17, 15) is 4.39 Å². The zero-order valence-corrected chi connectivity index (χ0v) is 11.8. The standard InChI is InChI=1S/C13H13BrFNS/c1-16-13(8-10-3-2-6-17-10)11-7-9(14)4-5-12(11)15/h2-7,13,16H,8H2,1H3. The van der Waals surface area contributed by atoms with Crippen LogP contribution < -0.4 is 5.32 Å². The average molecular weight is 314 g/mol. The maximum absolute atomic E-state index is 13.8. The molecule has 0 aliphatic rings. The zero-order valence-electron chi connectivity index (χ0n) is 9.41. The topological polar surface area (TPSA) is 12.0 Å². The molecule has 1 heterocycles.